The summed E-state index contributed by atoms with van der Waals surface area (Å²) in [5.74, 6) is -0.412. The van der Waals surface area contributed by atoms with Gasteiger partial charge in [0.2, 0.25) is 10.0 Å². The first-order valence-electron chi connectivity index (χ1n) is 9.57. The average Bonchev–Trinajstić information content (AvgIpc) is 3.30. The Bertz CT molecular complexity index is 1280. The molecule has 2 heterocycles. The van der Waals surface area contributed by atoms with Crippen molar-refractivity contribution < 1.29 is 26.7 Å². The molecule has 0 aliphatic carbocycles. The number of carbonyl (C=O) groups is 1. The van der Waals surface area contributed by atoms with Gasteiger partial charge in [-0.3, -0.25) is 14.4 Å². The van der Waals surface area contributed by atoms with Gasteiger partial charge in [0.25, 0.3) is 5.91 Å². The van der Waals surface area contributed by atoms with Crippen molar-refractivity contribution in [3.63, 3.8) is 0 Å². The van der Waals surface area contributed by atoms with Gasteiger partial charge in [-0.15, -0.1) is 11.3 Å². The molecule has 4 rings (SSSR count). The van der Waals surface area contributed by atoms with E-state index in [0.717, 1.165) is 23.2 Å². The fraction of sp³-hybridized carbons (Fsp3) is 0.238. The van der Waals surface area contributed by atoms with Crippen molar-refractivity contribution in [3.8, 4) is 17.0 Å². The molecule has 1 atom stereocenters. The lowest BCUT2D eigenvalue weighted by Gasteiger charge is -2.21. The Hall–Kier alpha value is -3.05. The number of benzene rings is 2. The number of carbonyl (C=O) groups excluding carboxylic acids is 1. The summed E-state index contributed by atoms with van der Waals surface area (Å²) in [4.78, 5) is 17.0. The highest BCUT2D eigenvalue weighted by Gasteiger charge is 2.32. The Kier molecular flexibility index (Phi) is 5.87. The van der Waals surface area contributed by atoms with Crippen molar-refractivity contribution in [1.29, 1.82) is 0 Å². The molecular weight excluding hydrogens is 460 g/mol. The third-order valence-corrected chi connectivity index (χ3v) is 6.98. The number of hydrogen-bond donors (Lipinski definition) is 1. The van der Waals surface area contributed by atoms with Gasteiger partial charge in [0, 0.05) is 22.5 Å². The summed E-state index contributed by atoms with van der Waals surface area (Å²) in [6.07, 6.45) is 1.66. The highest BCUT2D eigenvalue weighted by atomic mass is 32.2. The lowest BCUT2D eigenvalue weighted by Crippen LogP contribution is -2.34. The fourth-order valence-corrected chi connectivity index (χ4v) is 5.72. The van der Waals surface area contributed by atoms with E-state index in [2.05, 4.69) is 15.0 Å². The molecule has 2 aromatic carbocycles. The van der Waals surface area contributed by atoms with Crippen LogP contribution in [0.15, 0.2) is 47.8 Å². The summed E-state index contributed by atoms with van der Waals surface area (Å²) in [6.45, 7) is -1.15. The van der Waals surface area contributed by atoms with Crippen LogP contribution in [-0.4, -0.2) is 38.2 Å². The van der Waals surface area contributed by atoms with Crippen LogP contribution in [0.5, 0.6) is 5.75 Å². The minimum atomic E-state index is -3.41. The van der Waals surface area contributed by atoms with Crippen LogP contribution < -0.4 is 14.4 Å². The van der Waals surface area contributed by atoms with Gasteiger partial charge < -0.3 is 4.74 Å². The second-order valence-corrected chi connectivity index (χ2v) is 10.0. The SMILES string of the molecule is CC1Cc2cc(C(=O)Nc3nc(-c4ccccc4OC(F)F)cs3)ccc2N1S(C)(=O)=O. The fourth-order valence-electron chi connectivity index (χ4n) is 3.75. The number of halogens is 2. The van der Waals surface area contributed by atoms with E-state index in [1.165, 1.54) is 10.4 Å². The molecule has 0 radical (unpaired) electrons. The molecule has 1 aliphatic heterocycles. The number of thiazole rings is 1. The first-order valence-corrected chi connectivity index (χ1v) is 12.3. The lowest BCUT2D eigenvalue weighted by atomic mass is 10.1. The third-order valence-electron chi connectivity index (χ3n) is 4.96. The van der Waals surface area contributed by atoms with Gasteiger partial charge in [-0.1, -0.05) is 12.1 Å². The van der Waals surface area contributed by atoms with Crippen LogP contribution in [0.25, 0.3) is 11.3 Å². The molecule has 0 fully saturated rings. The first-order chi connectivity index (χ1) is 15.1. The number of sulfonamides is 1. The second-order valence-electron chi connectivity index (χ2n) is 7.32. The van der Waals surface area contributed by atoms with Crippen molar-refractivity contribution in [2.24, 2.45) is 0 Å². The predicted octanol–water partition coefficient (Wildman–Crippen LogP) is 4.37. The summed E-state index contributed by atoms with van der Waals surface area (Å²) < 4.78 is 55.3. The molecule has 0 spiro atoms. The number of fused-ring (bicyclic) bond motifs is 1. The Labute approximate surface area is 187 Å². The Balaban J connectivity index is 1.54. The van der Waals surface area contributed by atoms with Gasteiger partial charge in [-0.25, -0.2) is 13.4 Å². The Morgan fingerprint density at radius 1 is 1.28 bits per heavy atom. The van der Waals surface area contributed by atoms with Crippen molar-refractivity contribution in [2.45, 2.75) is 26.0 Å². The van der Waals surface area contributed by atoms with Gasteiger partial charge in [0.1, 0.15) is 5.75 Å². The summed E-state index contributed by atoms with van der Waals surface area (Å²) in [6, 6.07) is 10.9. The first kappa shape index (κ1) is 22.2. The molecule has 1 aliphatic rings. The highest BCUT2D eigenvalue weighted by molar-refractivity contribution is 7.92. The van der Waals surface area contributed by atoms with E-state index in [1.54, 1.807) is 41.8 Å². The van der Waals surface area contributed by atoms with Crippen LogP contribution >= 0.6 is 11.3 Å². The van der Waals surface area contributed by atoms with Crippen LogP contribution in [0.4, 0.5) is 19.6 Å². The molecular formula is C21H19F2N3O4S2. The van der Waals surface area contributed by atoms with Crippen molar-refractivity contribution in [2.75, 3.05) is 15.9 Å². The van der Waals surface area contributed by atoms with E-state index < -0.39 is 22.5 Å². The summed E-state index contributed by atoms with van der Waals surface area (Å²) in [5.41, 5.74) is 2.49. The maximum Gasteiger partial charge on any atom is 0.387 e. The number of alkyl halides is 2. The standard InChI is InChI=1S/C21H19F2N3O4S2/c1-12-9-14-10-13(7-8-17(14)26(12)32(2,28)29)19(27)25-21-24-16(11-31-21)15-5-3-4-6-18(15)30-20(22)23/h3-8,10-12,20H,9H2,1-2H3,(H,24,25,27). The van der Waals surface area contributed by atoms with E-state index in [1.807, 2.05) is 6.92 Å². The van der Waals surface area contributed by atoms with Crippen LogP contribution in [0.1, 0.15) is 22.8 Å². The molecule has 168 valence electrons. The van der Waals surface area contributed by atoms with Crippen LogP contribution in [0.3, 0.4) is 0 Å². The predicted molar refractivity (Wildman–Crippen MR) is 119 cm³/mol. The molecule has 32 heavy (non-hydrogen) atoms. The zero-order chi connectivity index (χ0) is 23.0. The molecule has 0 saturated carbocycles. The lowest BCUT2D eigenvalue weighted by molar-refractivity contribution is -0.0494. The number of aromatic nitrogens is 1. The summed E-state index contributed by atoms with van der Waals surface area (Å²) in [5, 5.41) is 4.63. The molecule has 7 nitrogen and oxygen atoms in total. The molecule has 1 unspecified atom stereocenters. The Morgan fingerprint density at radius 2 is 2.03 bits per heavy atom. The van der Waals surface area contributed by atoms with E-state index in [-0.39, 0.29) is 11.8 Å². The van der Waals surface area contributed by atoms with Crippen molar-refractivity contribution in [1.82, 2.24) is 4.98 Å². The highest BCUT2D eigenvalue weighted by Crippen LogP contribution is 2.36. The molecule has 0 bridgehead atoms. The molecule has 1 N–H and O–H groups in total. The van der Waals surface area contributed by atoms with Crippen molar-refractivity contribution >= 4 is 38.1 Å². The number of para-hydroxylation sites is 1. The monoisotopic (exact) mass is 479 g/mol. The van der Waals surface area contributed by atoms with Gasteiger partial charge in [0.05, 0.1) is 17.6 Å². The smallest absolute Gasteiger partial charge is 0.387 e. The van der Waals surface area contributed by atoms with Crippen LogP contribution in [-0.2, 0) is 16.4 Å². The molecule has 3 aromatic rings. The number of amides is 1. The van der Waals surface area contributed by atoms with E-state index >= 15 is 0 Å². The number of anilines is 2. The summed E-state index contributed by atoms with van der Waals surface area (Å²) in [7, 11) is -3.41. The number of nitrogens with one attached hydrogen (secondary N) is 1. The minimum Gasteiger partial charge on any atom is -0.434 e. The number of nitrogens with zero attached hydrogens (tertiary/aromatic N) is 2. The van der Waals surface area contributed by atoms with Crippen LogP contribution in [0.2, 0.25) is 0 Å². The quantitative estimate of drug-likeness (QED) is 0.567. The van der Waals surface area contributed by atoms with E-state index in [4.69, 9.17) is 0 Å². The van der Waals surface area contributed by atoms with Crippen molar-refractivity contribution in [3.05, 3.63) is 59.0 Å². The minimum absolute atomic E-state index is 0.00570. The van der Waals surface area contributed by atoms with Gasteiger partial charge in [-0.05, 0) is 49.2 Å². The van der Waals surface area contributed by atoms with Crippen LogP contribution in [0, 0.1) is 0 Å². The number of hydrogen-bond acceptors (Lipinski definition) is 6. The topological polar surface area (TPSA) is 88.6 Å². The van der Waals surface area contributed by atoms with E-state index in [9.17, 15) is 22.0 Å². The zero-order valence-corrected chi connectivity index (χ0v) is 18.7. The Morgan fingerprint density at radius 3 is 2.75 bits per heavy atom. The van der Waals surface area contributed by atoms with Gasteiger partial charge in [-0.2, -0.15) is 8.78 Å². The van der Waals surface area contributed by atoms with Gasteiger partial charge >= 0.3 is 6.61 Å². The summed E-state index contributed by atoms with van der Waals surface area (Å²) >= 11 is 1.15. The normalized spacial score (nSPS) is 15.7. The largest absolute Gasteiger partial charge is 0.434 e. The third kappa shape index (κ3) is 4.44. The second kappa shape index (κ2) is 8.47. The average molecular weight is 480 g/mol. The van der Waals surface area contributed by atoms with Gasteiger partial charge in [0.15, 0.2) is 5.13 Å². The van der Waals surface area contributed by atoms with E-state index in [0.29, 0.717) is 34.1 Å². The molecule has 11 heteroatoms. The number of rotatable bonds is 6. The number of ether oxygens (including phenoxy) is 1. The molecule has 0 saturated heterocycles. The zero-order valence-electron chi connectivity index (χ0n) is 17.1. The maximum atomic E-state index is 12.7. The maximum absolute atomic E-state index is 12.7. The molecule has 1 aromatic heterocycles. The molecule has 1 amide bonds.